The van der Waals surface area contributed by atoms with Crippen molar-refractivity contribution in [1.29, 1.82) is 0 Å². The van der Waals surface area contributed by atoms with Gasteiger partial charge in [0, 0.05) is 11.6 Å². The van der Waals surface area contributed by atoms with E-state index in [4.69, 9.17) is 14.6 Å². The molecule has 1 aliphatic carbocycles. The average molecular weight is 621 g/mol. The summed E-state index contributed by atoms with van der Waals surface area (Å²) in [5.74, 6) is -2.47. The third-order valence-corrected chi connectivity index (χ3v) is 7.23. The van der Waals surface area contributed by atoms with Gasteiger partial charge < -0.3 is 24.1 Å². The molecule has 0 bridgehead atoms. The van der Waals surface area contributed by atoms with Crippen LogP contribution in [0.5, 0.6) is 23.0 Å². The molecular weight excluding hydrogens is 598 g/mol. The van der Waals surface area contributed by atoms with Crippen molar-refractivity contribution >= 4 is 5.97 Å². The Labute approximate surface area is 245 Å². The van der Waals surface area contributed by atoms with Gasteiger partial charge >= 0.3 is 18.4 Å². The number of benzene rings is 3. The number of carbonyl (C=O) groups is 1. The zero-order chi connectivity index (χ0) is 31.4. The van der Waals surface area contributed by atoms with Crippen LogP contribution in [0, 0.1) is 5.82 Å². The molecule has 230 valence electrons. The van der Waals surface area contributed by atoms with Crippen molar-refractivity contribution in [1.82, 2.24) is 9.78 Å². The van der Waals surface area contributed by atoms with Crippen molar-refractivity contribution in [3.05, 3.63) is 94.6 Å². The highest BCUT2D eigenvalue weighted by molar-refractivity contribution is 5.87. The number of aromatic nitrogens is 2. The van der Waals surface area contributed by atoms with Crippen molar-refractivity contribution in [3.63, 3.8) is 0 Å². The van der Waals surface area contributed by atoms with Crippen molar-refractivity contribution in [3.8, 4) is 28.7 Å². The number of rotatable bonds is 7. The fourth-order valence-electron chi connectivity index (χ4n) is 5.21. The second-order valence-electron chi connectivity index (χ2n) is 10.2. The number of ether oxygens (including phenoxy) is 4. The first-order valence-electron chi connectivity index (χ1n) is 13.3. The molecule has 0 saturated carbocycles. The van der Waals surface area contributed by atoms with Crippen LogP contribution in [-0.2, 0) is 12.6 Å². The van der Waals surface area contributed by atoms with Crippen molar-refractivity contribution < 1.29 is 55.2 Å². The molecule has 1 aromatic heterocycles. The Bertz CT molecular complexity index is 1740. The zero-order valence-corrected chi connectivity index (χ0v) is 22.7. The summed E-state index contributed by atoms with van der Waals surface area (Å²) in [6.07, 6.45) is -9.62. The lowest BCUT2D eigenvalue weighted by Crippen LogP contribution is -2.25. The van der Waals surface area contributed by atoms with Gasteiger partial charge in [-0.3, -0.25) is 0 Å². The quantitative estimate of drug-likeness (QED) is 0.212. The summed E-state index contributed by atoms with van der Waals surface area (Å²) >= 11 is 0. The summed E-state index contributed by atoms with van der Waals surface area (Å²) < 4.78 is 106. The molecule has 6 rings (SSSR count). The normalized spacial score (nSPS) is 17.6. The number of hydrogen-bond acceptors (Lipinski definition) is 6. The summed E-state index contributed by atoms with van der Waals surface area (Å²) in [4.78, 5) is 11.2. The molecule has 44 heavy (non-hydrogen) atoms. The van der Waals surface area contributed by atoms with Gasteiger partial charge in [0.25, 0.3) is 0 Å². The van der Waals surface area contributed by atoms with Crippen LogP contribution in [0.25, 0.3) is 5.69 Å². The van der Waals surface area contributed by atoms with Crippen LogP contribution in [0.3, 0.4) is 0 Å². The maximum atomic E-state index is 14.9. The zero-order valence-electron chi connectivity index (χ0n) is 22.7. The molecule has 2 heterocycles. The number of carboxylic acids is 1. The third kappa shape index (κ3) is 5.58. The van der Waals surface area contributed by atoms with E-state index in [0.717, 1.165) is 10.7 Å². The SMILES string of the molecule is C[C@H](Oc1cc(-n2nc(C(F)(F)F)c3c2C(Oc2ccc(C(=O)O)cc2)CCC3)ccc1F)c1ccc2c(c1)OC(F)(F)O2. The fraction of sp³-hybridized carbons (Fsp3) is 0.267. The minimum absolute atomic E-state index is 0.0119. The molecule has 1 aliphatic heterocycles. The molecule has 0 saturated heterocycles. The molecule has 0 radical (unpaired) electrons. The number of nitrogens with zero attached hydrogens (tertiary/aromatic N) is 2. The number of carboxylic acid groups (broad SMARTS) is 1. The van der Waals surface area contributed by atoms with Gasteiger partial charge in [-0.2, -0.15) is 18.3 Å². The highest BCUT2D eigenvalue weighted by Gasteiger charge is 2.44. The molecule has 4 aromatic rings. The van der Waals surface area contributed by atoms with E-state index in [0.29, 0.717) is 18.4 Å². The molecule has 1 N–H and O–H groups in total. The molecule has 1 unspecified atom stereocenters. The Hall–Kier alpha value is -4.88. The van der Waals surface area contributed by atoms with Gasteiger partial charge in [0.1, 0.15) is 18.0 Å². The maximum Gasteiger partial charge on any atom is 0.586 e. The Kier molecular flexibility index (Phi) is 7.09. The van der Waals surface area contributed by atoms with Crippen LogP contribution in [0.2, 0.25) is 0 Å². The molecule has 14 heteroatoms. The van der Waals surface area contributed by atoms with Crippen molar-refractivity contribution in [2.45, 2.75) is 50.9 Å². The summed E-state index contributed by atoms with van der Waals surface area (Å²) in [7, 11) is 0. The van der Waals surface area contributed by atoms with Gasteiger partial charge in [0.2, 0.25) is 0 Å². The van der Waals surface area contributed by atoms with Gasteiger partial charge in [0.05, 0.1) is 16.9 Å². The molecule has 0 spiro atoms. The minimum Gasteiger partial charge on any atom is -0.484 e. The lowest BCUT2D eigenvalue weighted by Gasteiger charge is -2.26. The minimum atomic E-state index is -4.79. The highest BCUT2D eigenvalue weighted by Crippen LogP contribution is 2.44. The van der Waals surface area contributed by atoms with E-state index in [2.05, 4.69) is 14.6 Å². The Morgan fingerprint density at radius 1 is 1.07 bits per heavy atom. The fourth-order valence-corrected chi connectivity index (χ4v) is 5.21. The van der Waals surface area contributed by atoms with Crippen LogP contribution in [0.15, 0.2) is 60.7 Å². The molecule has 2 atom stereocenters. The predicted molar refractivity (Wildman–Crippen MR) is 140 cm³/mol. The van der Waals surface area contributed by atoms with Gasteiger partial charge in [0.15, 0.2) is 28.8 Å². The summed E-state index contributed by atoms with van der Waals surface area (Å²) in [6, 6.07) is 12.8. The number of fused-ring (bicyclic) bond motifs is 2. The monoisotopic (exact) mass is 620 g/mol. The van der Waals surface area contributed by atoms with E-state index < -0.39 is 42.2 Å². The van der Waals surface area contributed by atoms with E-state index in [-0.39, 0.29) is 51.9 Å². The summed E-state index contributed by atoms with van der Waals surface area (Å²) in [5.41, 5.74) is -0.630. The summed E-state index contributed by atoms with van der Waals surface area (Å²) in [6.45, 7) is 1.53. The van der Waals surface area contributed by atoms with Crippen LogP contribution in [-0.4, -0.2) is 27.2 Å². The standard InChI is InChI=1S/C30H22F6N2O6/c1-15(17-7-12-22-25(13-17)44-30(35,36)43-22)41-24-14-18(8-11-21(24)31)38-26-20(27(37-38)29(32,33)34)3-2-4-23(26)42-19-9-5-16(6-10-19)28(39)40/h5-15,23H,2-4H2,1H3,(H,39,40)/t15-,23?/m0/s1. The topological polar surface area (TPSA) is 92.0 Å². The van der Waals surface area contributed by atoms with E-state index in [1.165, 1.54) is 61.5 Å². The lowest BCUT2D eigenvalue weighted by atomic mass is 9.93. The van der Waals surface area contributed by atoms with Gasteiger partial charge in [-0.1, -0.05) is 6.07 Å². The average Bonchev–Trinajstić information content (AvgIpc) is 3.51. The van der Waals surface area contributed by atoms with Crippen molar-refractivity contribution in [2.75, 3.05) is 0 Å². The second-order valence-corrected chi connectivity index (χ2v) is 10.2. The first-order valence-corrected chi connectivity index (χ1v) is 13.3. The predicted octanol–water partition coefficient (Wildman–Crippen LogP) is 7.65. The molecule has 0 fully saturated rings. The number of halogens is 6. The van der Waals surface area contributed by atoms with E-state index >= 15 is 0 Å². The largest absolute Gasteiger partial charge is 0.586 e. The molecule has 0 amide bonds. The van der Waals surface area contributed by atoms with Crippen molar-refractivity contribution in [2.24, 2.45) is 0 Å². The van der Waals surface area contributed by atoms with Crippen LogP contribution < -0.4 is 18.9 Å². The molecule has 3 aromatic carbocycles. The smallest absolute Gasteiger partial charge is 0.484 e. The number of hydrogen-bond donors (Lipinski definition) is 1. The summed E-state index contributed by atoms with van der Waals surface area (Å²) in [5, 5.41) is 13.0. The first-order chi connectivity index (χ1) is 20.8. The van der Waals surface area contributed by atoms with Gasteiger partial charge in [-0.25, -0.2) is 13.9 Å². The lowest BCUT2D eigenvalue weighted by molar-refractivity contribution is -0.286. The Morgan fingerprint density at radius 2 is 1.80 bits per heavy atom. The van der Waals surface area contributed by atoms with Gasteiger partial charge in [-0.05, 0) is 80.3 Å². The molecule has 8 nitrogen and oxygen atoms in total. The van der Waals surface area contributed by atoms with Crippen LogP contribution in [0.1, 0.15) is 64.8 Å². The highest BCUT2D eigenvalue weighted by atomic mass is 19.4. The molecule has 2 aliphatic rings. The van der Waals surface area contributed by atoms with Crippen LogP contribution >= 0.6 is 0 Å². The van der Waals surface area contributed by atoms with Gasteiger partial charge in [-0.15, -0.1) is 8.78 Å². The molecular formula is C30H22F6N2O6. The first kappa shape index (κ1) is 29.2. The second kappa shape index (κ2) is 10.7. The maximum absolute atomic E-state index is 14.9. The number of aromatic carboxylic acids is 1. The van der Waals surface area contributed by atoms with E-state index in [1.807, 2.05) is 0 Å². The van der Waals surface area contributed by atoms with Crippen LogP contribution in [0.4, 0.5) is 26.3 Å². The Morgan fingerprint density at radius 3 is 2.50 bits per heavy atom. The Balaban J connectivity index is 1.34. The van der Waals surface area contributed by atoms with E-state index in [1.54, 1.807) is 0 Å². The number of alkyl halides is 5. The van der Waals surface area contributed by atoms with E-state index in [9.17, 15) is 31.1 Å². The third-order valence-electron chi connectivity index (χ3n) is 7.23.